The van der Waals surface area contributed by atoms with Crippen molar-refractivity contribution < 1.29 is 0 Å². The molecule has 5 nitrogen and oxygen atoms in total. The summed E-state index contributed by atoms with van der Waals surface area (Å²) in [6, 6.07) is 122. The molecular formula is C87H57N5. The third-order valence-electron chi connectivity index (χ3n) is 18.6. The fraction of sp³-hybridized carbons (Fsp3) is 0. The standard InChI is InChI=1S/C87H57N5/c1-5-21-64-46-72(41-37-58(64)17-1)89(73-42-38-59-18-2-6-22-65(59)47-73)76-50-68(51-77(54-76)90(74-43-39-60-19-3-7-23-66(60)48-74)75-44-40-61-20-4-8-24-67(61)49-75)62-33-35-63(36-34-62)70-45-71(57-88-56-70)69-52-78(91-84-29-13-9-25-80(84)81-26-10-14-30-85(81)91)55-79(53-69)92-86-31-15-11-27-82(86)83-28-12-16-32-87(83)92/h1-57H. The van der Waals surface area contributed by atoms with Crippen molar-refractivity contribution in [3.63, 3.8) is 0 Å². The van der Waals surface area contributed by atoms with Crippen LogP contribution in [0.15, 0.2) is 346 Å². The molecule has 5 heteroatoms. The molecule has 0 radical (unpaired) electrons. The van der Waals surface area contributed by atoms with E-state index in [0.29, 0.717) is 0 Å². The fourth-order valence-corrected chi connectivity index (χ4v) is 14.2. The van der Waals surface area contributed by atoms with Crippen LogP contribution in [0.5, 0.6) is 0 Å². The molecule has 3 heterocycles. The lowest BCUT2D eigenvalue weighted by Crippen LogP contribution is -2.14. The van der Waals surface area contributed by atoms with Gasteiger partial charge in [0, 0.05) is 90.6 Å². The second-order valence-corrected chi connectivity index (χ2v) is 24.1. The van der Waals surface area contributed by atoms with Crippen molar-refractivity contribution >= 4 is 121 Å². The third kappa shape index (κ3) is 9.13. The first-order valence-electron chi connectivity index (χ1n) is 31.5. The second-order valence-electron chi connectivity index (χ2n) is 24.1. The van der Waals surface area contributed by atoms with Gasteiger partial charge in [0.2, 0.25) is 0 Å². The Morgan fingerprint density at radius 3 is 0.848 bits per heavy atom. The Kier molecular flexibility index (Phi) is 12.5. The van der Waals surface area contributed by atoms with Gasteiger partial charge in [0.05, 0.1) is 22.1 Å². The molecule has 0 saturated heterocycles. The topological polar surface area (TPSA) is 29.2 Å². The van der Waals surface area contributed by atoms with E-state index in [9.17, 15) is 0 Å². The zero-order valence-electron chi connectivity index (χ0n) is 50.1. The van der Waals surface area contributed by atoms with Crippen molar-refractivity contribution in [2.24, 2.45) is 0 Å². The zero-order valence-corrected chi connectivity index (χ0v) is 50.1. The van der Waals surface area contributed by atoms with E-state index in [1.54, 1.807) is 0 Å². The van der Waals surface area contributed by atoms with Crippen LogP contribution >= 0.6 is 0 Å². The van der Waals surface area contributed by atoms with Crippen LogP contribution in [0.25, 0.3) is 131 Å². The molecule has 0 aliphatic heterocycles. The van der Waals surface area contributed by atoms with Crippen LogP contribution < -0.4 is 9.80 Å². The minimum absolute atomic E-state index is 1.03. The lowest BCUT2D eigenvalue weighted by atomic mass is 9.97. The highest BCUT2D eigenvalue weighted by Gasteiger charge is 2.23. The summed E-state index contributed by atoms with van der Waals surface area (Å²) in [5, 5.41) is 14.4. The molecule has 0 aliphatic rings. The molecule has 0 bridgehead atoms. The Morgan fingerprint density at radius 2 is 0.489 bits per heavy atom. The minimum atomic E-state index is 1.03. The van der Waals surface area contributed by atoms with Gasteiger partial charge in [-0.25, -0.2) is 0 Å². The second kappa shape index (κ2) is 21.8. The highest BCUT2D eigenvalue weighted by atomic mass is 15.2. The van der Waals surface area contributed by atoms with Crippen LogP contribution in [0.1, 0.15) is 0 Å². The molecule has 0 spiro atoms. The van der Waals surface area contributed by atoms with Crippen molar-refractivity contribution in [1.29, 1.82) is 0 Å². The Labute approximate surface area is 532 Å². The highest BCUT2D eigenvalue weighted by Crippen LogP contribution is 2.46. The van der Waals surface area contributed by atoms with Gasteiger partial charge >= 0.3 is 0 Å². The Hall–Kier alpha value is -12.3. The Bertz CT molecular complexity index is 5350. The molecule has 0 saturated carbocycles. The molecule has 3 aromatic heterocycles. The first kappa shape index (κ1) is 52.8. The van der Waals surface area contributed by atoms with Crippen molar-refractivity contribution in [2.45, 2.75) is 0 Å². The van der Waals surface area contributed by atoms with Crippen LogP contribution in [-0.4, -0.2) is 14.1 Å². The average molecular weight is 1170 g/mol. The summed E-state index contributed by atoms with van der Waals surface area (Å²) in [5.41, 5.74) is 19.5. The number of fused-ring (bicyclic) bond motifs is 10. The summed E-state index contributed by atoms with van der Waals surface area (Å²) in [7, 11) is 0. The summed E-state index contributed by atoms with van der Waals surface area (Å²) in [6.45, 7) is 0. The van der Waals surface area contributed by atoms with E-state index in [1.165, 1.54) is 64.6 Å². The minimum Gasteiger partial charge on any atom is -0.310 e. The lowest BCUT2D eigenvalue weighted by molar-refractivity contribution is 1.13. The van der Waals surface area contributed by atoms with E-state index in [4.69, 9.17) is 4.98 Å². The van der Waals surface area contributed by atoms with E-state index < -0.39 is 0 Å². The molecule has 92 heavy (non-hydrogen) atoms. The molecule has 18 rings (SSSR count). The molecule has 18 aromatic rings. The Morgan fingerprint density at radius 1 is 0.196 bits per heavy atom. The van der Waals surface area contributed by atoms with Crippen molar-refractivity contribution in [2.75, 3.05) is 9.80 Å². The maximum absolute atomic E-state index is 5.03. The van der Waals surface area contributed by atoms with Gasteiger partial charge in [-0.3, -0.25) is 4.98 Å². The number of rotatable bonds is 11. The molecule has 430 valence electrons. The third-order valence-corrected chi connectivity index (χ3v) is 18.6. The predicted molar refractivity (Wildman–Crippen MR) is 389 cm³/mol. The van der Waals surface area contributed by atoms with Gasteiger partial charge in [-0.1, -0.05) is 218 Å². The van der Waals surface area contributed by atoms with Crippen molar-refractivity contribution in [3.05, 3.63) is 346 Å². The van der Waals surface area contributed by atoms with E-state index in [1.807, 2.05) is 12.4 Å². The molecule has 0 aliphatic carbocycles. The molecule has 0 N–H and O–H groups in total. The summed E-state index contributed by atoms with van der Waals surface area (Å²) >= 11 is 0. The summed E-state index contributed by atoms with van der Waals surface area (Å²) < 4.78 is 4.85. The Balaban J connectivity index is 0.807. The number of aromatic nitrogens is 3. The number of pyridine rings is 1. The number of hydrogen-bond acceptors (Lipinski definition) is 3. The predicted octanol–water partition coefficient (Wildman–Crippen LogP) is 23.8. The average Bonchev–Trinajstić information content (AvgIpc) is 2.05. The molecular weight excluding hydrogens is 1110 g/mol. The number of nitrogens with zero attached hydrogens (tertiary/aromatic N) is 5. The smallest absolute Gasteiger partial charge is 0.0541 e. The summed E-state index contributed by atoms with van der Waals surface area (Å²) in [4.78, 5) is 9.89. The van der Waals surface area contributed by atoms with Crippen molar-refractivity contribution in [1.82, 2.24) is 14.1 Å². The molecule has 0 amide bonds. The first-order chi connectivity index (χ1) is 45.6. The number of para-hydroxylation sites is 4. The van der Waals surface area contributed by atoms with Gasteiger partial charge in [0.1, 0.15) is 0 Å². The maximum Gasteiger partial charge on any atom is 0.0541 e. The number of benzene rings is 15. The first-order valence-corrected chi connectivity index (χ1v) is 31.5. The molecule has 0 unspecified atom stereocenters. The monoisotopic (exact) mass is 1170 g/mol. The van der Waals surface area contributed by atoms with Crippen LogP contribution in [0.3, 0.4) is 0 Å². The van der Waals surface area contributed by atoms with E-state index >= 15 is 0 Å². The zero-order chi connectivity index (χ0) is 60.6. The quantitative estimate of drug-likeness (QED) is 0.129. The van der Waals surface area contributed by atoms with Gasteiger partial charge in [-0.15, -0.1) is 0 Å². The van der Waals surface area contributed by atoms with Crippen LogP contribution in [0.4, 0.5) is 34.1 Å². The molecule has 0 atom stereocenters. The number of hydrogen-bond donors (Lipinski definition) is 0. The largest absolute Gasteiger partial charge is 0.310 e. The van der Waals surface area contributed by atoms with Gasteiger partial charge < -0.3 is 18.9 Å². The van der Waals surface area contributed by atoms with E-state index in [-0.39, 0.29) is 0 Å². The SMILES string of the molecule is c1ccc2cc(N(c3cc(-c4ccc(-c5cncc(-c6cc(-n7c8ccccc8c8ccccc87)cc(-n7c8ccccc8c8ccccc87)c6)c5)cc4)cc(N(c4ccc5ccccc5c4)c4ccc5ccccc5c4)c3)c3ccc4ccccc4c3)ccc2c1. The summed E-state index contributed by atoms with van der Waals surface area (Å²) in [5.74, 6) is 0. The van der Waals surface area contributed by atoms with Gasteiger partial charge in [-0.2, -0.15) is 0 Å². The van der Waals surface area contributed by atoms with Crippen LogP contribution in [0.2, 0.25) is 0 Å². The van der Waals surface area contributed by atoms with Gasteiger partial charge in [0.25, 0.3) is 0 Å². The molecule has 0 fully saturated rings. The van der Waals surface area contributed by atoms with Crippen LogP contribution in [-0.2, 0) is 0 Å². The van der Waals surface area contributed by atoms with Gasteiger partial charge in [0.15, 0.2) is 0 Å². The van der Waals surface area contributed by atoms with E-state index in [2.05, 4.69) is 353 Å². The lowest BCUT2D eigenvalue weighted by Gasteiger charge is -2.31. The van der Waals surface area contributed by atoms with Crippen molar-refractivity contribution in [3.8, 4) is 44.8 Å². The van der Waals surface area contributed by atoms with Crippen LogP contribution in [0, 0.1) is 0 Å². The normalized spacial score (nSPS) is 11.7. The number of anilines is 6. The van der Waals surface area contributed by atoms with Gasteiger partial charge in [-0.05, 0) is 181 Å². The fourth-order valence-electron chi connectivity index (χ4n) is 14.2. The summed E-state index contributed by atoms with van der Waals surface area (Å²) in [6.07, 6.45) is 4.01. The highest BCUT2D eigenvalue weighted by molar-refractivity contribution is 6.11. The van der Waals surface area contributed by atoms with E-state index in [0.717, 1.165) is 101 Å². The maximum atomic E-state index is 5.03. The molecule has 15 aromatic carbocycles.